The van der Waals surface area contributed by atoms with Crippen LogP contribution in [0.4, 0.5) is 5.82 Å². The molecule has 3 N–H and O–H groups in total. The molecule has 16 heavy (non-hydrogen) atoms. The molecule has 6 heteroatoms. The molecular weight excluding hydrogens is 208 g/mol. The van der Waals surface area contributed by atoms with Crippen LogP contribution < -0.4 is 5.73 Å². The molecular formula is C10H12N4O2. The van der Waals surface area contributed by atoms with Crippen LogP contribution in [0.5, 0.6) is 0 Å². The fourth-order valence-electron chi connectivity index (χ4n) is 1.56. The van der Waals surface area contributed by atoms with Crippen LogP contribution in [-0.2, 0) is 11.8 Å². The fraction of sp³-hybridized carbons (Fsp3) is 0.200. The number of aromatic amines is 1. The maximum absolute atomic E-state index is 11.4. The van der Waals surface area contributed by atoms with Gasteiger partial charge in [-0.05, 0) is 12.1 Å². The zero-order chi connectivity index (χ0) is 11.7. The number of hydrogen-bond acceptors (Lipinski definition) is 4. The number of nitrogens with one attached hydrogen (secondary N) is 1. The molecule has 0 amide bonds. The van der Waals surface area contributed by atoms with Crippen LogP contribution >= 0.6 is 0 Å². The van der Waals surface area contributed by atoms with Gasteiger partial charge in [-0.25, -0.2) is 4.79 Å². The molecule has 0 radical (unpaired) electrons. The average Bonchev–Trinajstić information content (AvgIpc) is 2.83. The number of ether oxygens (including phenoxy) is 1. The summed E-state index contributed by atoms with van der Waals surface area (Å²) in [6.45, 7) is 0. The minimum atomic E-state index is -0.374. The Morgan fingerprint density at radius 1 is 1.56 bits per heavy atom. The largest absolute Gasteiger partial charge is 0.464 e. The molecule has 0 aromatic carbocycles. The summed E-state index contributed by atoms with van der Waals surface area (Å²) in [5.74, 6) is 0.0389. The molecule has 0 aliphatic heterocycles. The maximum Gasteiger partial charge on any atom is 0.354 e. The molecule has 0 aliphatic carbocycles. The average molecular weight is 220 g/mol. The summed E-state index contributed by atoms with van der Waals surface area (Å²) < 4.78 is 6.38. The number of nitrogen functional groups attached to an aromatic ring is 1. The van der Waals surface area contributed by atoms with Crippen molar-refractivity contribution >= 4 is 11.8 Å². The third-order valence-corrected chi connectivity index (χ3v) is 2.39. The van der Waals surface area contributed by atoms with Gasteiger partial charge in [0.25, 0.3) is 0 Å². The number of carbonyl (C=O) groups excluding carboxylic acids is 1. The van der Waals surface area contributed by atoms with E-state index in [0.717, 1.165) is 11.4 Å². The van der Waals surface area contributed by atoms with Crippen LogP contribution in [0, 0.1) is 0 Å². The molecule has 2 aromatic rings. The molecule has 6 nitrogen and oxygen atoms in total. The fourth-order valence-corrected chi connectivity index (χ4v) is 1.56. The highest BCUT2D eigenvalue weighted by Gasteiger charge is 2.14. The number of hydrogen-bond donors (Lipinski definition) is 2. The highest BCUT2D eigenvalue weighted by molar-refractivity contribution is 5.89. The van der Waals surface area contributed by atoms with E-state index in [4.69, 9.17) is 5.73 Å². The van der Waals surface area contributed by atoms with Gasteiger partial charge in [0.05, 0.1) is 18.5 Å². The van der Waals surface area contributed by atoms with Crippen molar-refractivity contribution < 1.29 is 9.53 Å². The third kappa shape index (κ3) is 1.54. The lowest BCUT2D eigenvalue weighted by molar-refractivity contribution is 0.0590. The minimum absolute atomic E-state index is 0.374. The number of rotatable bonds is 2. The number of carbonyl (C=O) groups is 1. The van der Waals surface area contributed by atoms with Crippen LogP contribution in [0.1, 0.15) is 10.5 Å². The van der Waals surface area contributed by atoms with Crippen LogP contribution in [0.25, 0.3) is 11.4 Å². The lowest BCUT2D eigenvalue weighted by Crippen LogP contribution is -2.08. The van der Waals surface area contributed by atoms with Gasteiger partial charge in [-0.1, -0.05) is 0 Å². The van der Waals surface area contributed by atoms with Crippen molar-refractivity contribution in [3.05, 3.63) is 23.9 Å². The Bertz CT molecular complexity index is 527. The summed E-state index contributed by atoms with van der Waals surface area (Å²) >= 11 is 0. The minimum Gasteiger partial charge on any atom is -0.464 e. The first-order chi connectivity index (χ1) is 7.63. The molecule has 84 valence electrons. The van der Waals surface area contributed by atoms with Crippen LogP contribution in [0.2, 0.25) is 0 Å². The Labute approximate surface area is 92.0 Å². The SMILES string of the molecule is COC(=O)c1ccc(-c2cc(N)n[nH]2)n1C. The molecule has 0 bridgehead atoms. The second-order valence-electron chi connectivity index (χ2n) is 3.36. The molecule has 2 rings (SSSR count). The molecule has 0 unspecified atom stereocenters. The van der Waals surface area contributed by atoms with Crippen molar-refractivity contribution in [3.8, 4) is 11.4 Å². The summed E-state index contributed by atoms with van der Waals surface area (Å²) in [6, 6.07) is 5.20. The van der Waals surface area contributed by atoms with E-state index in [1.165, 1.54) is 7.11 Å². The standard InChI is InChI=1S/C10H12N4O2/c1-14-7(6-5-9(11)13-12-6)3-4-8(14)10(15)16-2/h3-5H,1-2H3,(H3,11,12,13). The summed E-state index contributed by atoms with van der Waals surface area (Å²) in [5.41, 5.74) is 7.58. The second-order valence-corrected chi connectivity index (χ2v) is 3.36. The lowest BCUT2D eigenvalue weighted by Gasteiger charge is -2.04. The quantitative estimate of drug-likeness (QED) is 0.732. The maximum atomic E-state index is 11.4. The van der Waals surface area contributed by atoms with Gasteiger partial charge < -0.3 is 15.0 Å². The highest BCUT2D eigenvalue weighted by atomic mass is 16.5. The second kappa shape index (κ2) is 3.73. The van der Waals surface area contributed by atoms with Crippen molar-refractivity contribution in [2.75, 3.05) is 12.8 Å². The molecule has 0 atom stereocenters. The molecule has 0 saturated heterocycles. The van der Waals surface area contributed by atoms with Crippen molar-refractivity contribution in [2.24, 2.45) is 7.05 Å². The molecule has 2 aromatic heterocycles. The van der Waals surface area contributed by atoms with E-state index >= 15 is 0 Å². The van der Waals surface area contributed by atoms with E-state index in [0.29, 0.717) is 11.5 Å². The zero-order valence-electron chi connectivity index (χ0n) is 9.02. The number of nitrogens with two attached hydrogens (primary N) is 1. The van der Waals surface area contributed by atoms with Gasteiger partial charge in [0.15, 0.2) is 0 Å². The van der Waals surface area contributed by atoms with E-state index < -0.39 is 0 Å². The Kier molecular flexibility index (Phi) is 2.40. The predicted octanol–water partition coefficient (Wildman–Crippen LogP) is 0.784. The van der Waals surface area contributed by atoms with Gasteiger partial charge in [-0.15, -0.1) is 0 Å². The van der Waals surface area contributed by atoms with E-state index in [9.17, 15) is 4.79 Å². The lowest BCUT2D eigenvalue weighted by atomic mass is 10.3. The summed E-state index contributed by atoms with van der Waals surface area (Å²) in [5, 5.41) is 6.62. The molecule has 0 spiro atoms. The molecule has 0 fully saturated rings. The van der Waals surface area contributed by atoms with Gasteiger partial charge in [0.2, 0.25) is 0 Å². The first-order valence-electron chi connectivity index (χ1n) is 4.68. The van der Waals surface area contributed by atoms with E-state index in [-0.39, 0.29) is 5.97 Å². The Morgan fingerprint density at radius 3 is 2.88 bits per heavy atom. The summed E-state index contributed by atoms with van der Waals surface area (Å²) in [7, 11) is 3.13. The van der Waals surface area contributed by atoms with Crippen molar-refractivity contribution in [2.45, 2.75) is 0 Å². The highest BCUT2D eigenvalue weighted by Crippen LogP contribution is 2.21. The number of H-pyrrole nitrogens is 1. The van der Waals surface area contributed by atoms with E-state index in [1.54, 1.807) is 29.8 Å². The van der Waals surface area contributed by atoms with Gasteiger partial charge in [-0.3, -0.25) is 5.10 Å². The Balaban J connectivity index is 2.44. The third-order valence-electron chi connectivity index (χ3n) is 2.39. The van der Waals surface area contributed by atoms with Crippen LogP contribution in [0.3, 0.4) is 0 Å². The number of methoxy groups -OCH3 is 1. The Morgan fingerprint density at radius 2 is 2.31 bits per heavy atom. The first-order valence-corrected chi connectivity index (χ1v) is 4.68. The number of esters is 1. The molecule has 0 saturated carbocycles. The van der Waals surface area contributed by atoms with Gasteiger partial charge in [0, 0.05) is 13.1 Å². The van der Waals surface area contributed by atoms with Crippen molar-refractivity contribution in [1.29, 1.82) is 0 Å². The van der Waals surface area contributed by atoms with Crippen LogP contribution in [0.15, 0.2) is 18.2 Å². The normalized spacial score (nSPS) is 10.4. The van der Waals surface area contributed by atoms with Crippen molar-refractivity contribution in [1.82, 2.24) is 14.8 Å². The molecule has 2 heterocycles. The number of anilines is 1. The van der Waals surface area contributed by atoms with E-state index in [1.807, 2.05) is 0 Å². The summed E-state index contributed by atoms with van der Waals surface area (Å²) in [6.07, 6.45) is 0. The number of nitrogens with zero attached hydrogens (tertiary/aromatic N) is 2. The van der Waals surface area contributed by atoms with Gasteiger partial charge in [0.1, 0.15) is 11.5 Å². The van der Waals surface area contributed by atoms with E-state index in [2.05, 4.69) is 14.9 Å². The van der Waals surface area contributed by atoms with Crippen molar-refractivity contribution in [3.63, 3.8) is 0 Å². The first kappa shape index (κ1) is 10.3. The molecule has 0 aliphatic rings. The summed E-state index contributed by atoms with van der Waals surface area (Å²) in [4.78, 5) is 11.4. The zero-order valence-corrected chi connectivity index (χ0v) is 9.02. The topological polar surface area (TPSA) is 85.9 Å². The van der Waals surface area contributed by atoms with Gasteiger partial charge >= 0.3 is 5.97 Å². The van der Waals surface area contributed by atoms with Crippen LogP contribution in [-0.4, -0.2) is 27.8 Å². The predicted molar refractivity (Wildman–Crippen MR) is 58.7 cm³/mol. The smallest absolute Gasteiger partial charge is 0.354 e. The number of aromatic nitrogens is 3. The van der Waals surface area contributed by atoms with Gasteiger partial charge in [-0.2, -0.15) is 5.10 Å². The monoisotopic (exact) mass is 220 g/mol. The Hall–Kier alpha value is -2.24.